The Morgan fingerprint density at radius 3 is 2.26 bits per heavy atom. The van der Waals surface area contributed by atoms with Crippen LogP contribution < -0.4 is 16.0 Å². The lowest BCUT2D eigenvalue weighted by Gasteiger charge is -2.37. The van der Waals surface area contributed by atoms with Crippen molar-refractivity contribution in [2.45, 2.75) is 76.7 Å². The number of nitrogens with zero attached hydrogens (tertiary/aromatic N) is 1. The van der Waals surface area contributed by atoms with Crippen LogP contribution in [0.25, 0.3) is 0 Å². The average Bonchev–Trinajstić information content (AvgIpc) is 3.45. The van der Waals surface area contributed by atoms with Gasteiger partial charge in [0.05, 0.1) is 6.04 Å². The molecule has 0 bridgehead atoms. The number of hydrogen-bond donors (Lipinski definition) is 3. The Bertz CT molecular complexity index is 1250. The number of sulfone groups is 1. The minimum absolute atomic E-state index is 0.252. The van der Waals surface area contributed by atoms with Crippen LogP contribution in [0.4, 0.5) is 26.3 Å². The van der Waals surface area contributed by atoms with Crippen molar-refractivity contribution in [1.82, 2.24) is 20.9 Å². The molecule has 2 aliphatic heterocycles. The Balaban J connectivity index is 1.97. The molecule has 2 heterocycles. The van der Waals surface area contributed by atoms with Gasteiger partial charge in [0.1, 0.15) is 12.1 Å². The number of fused-ring (bicyclic) bond motifs is 1. The third-order valence-corrected chi connectivity index (χ3v) is 8.63. The Morgan fingerprint density at radius 2 is 1.76 bits per heavy atom. The third kappa shape index (κ3) is 7.75. The summed E-state index contributed by atoms with van der Waals surface area (Å²) >= 11 is 0. The number of carbonyl (C=O) groups excluding carboxylic acids is 4. The molecule has 0 unspecified atom stereocenters. The molecule has 0 aromatic heterocycles. The Hall–Kier alpha value is -2.85. The molecule has 42 heavy (non-hydrogen) atoms. The molecular formula is C25H34F6N4O6S. The quantitative estimate of drug-likeness (QED) is 0.349. The van der Waals surface area contributed by atoms with E-state index in [9.17, 15) is 53.9 Å². The van der Waals surface area contributed by atoms with E-state index in [1.165, 1.54) is 20.8 Å². The maximum absolute atomic E-state index is 14.5. The van der Waals surface area contributed by atoms with Gasteiger partial charge in [-0.15, -0.1) is 0 Å². The lowest BCUT2D eigenvalue weighted by Crippen LogP contribution is -2.60. The minimum Gasteiger partial charge on any atom is -0.356 e. The number of amides is 4. The van der Waals surface area contributed by atoms with Crippen molar-refractivity contribution >= 4 is 33.5 Å². The van der Waals surface area contributed by atoms with Gasteiger partial charge < -0.3 is 20.9 Å². The number of hydrogen-bond acceptors (Lipinski definition) is 6. The fourth-order valence-corrected chi connectivity index (χ4v) is 6.19. The van der Waals surface area contributed by atoms with Crippen LogP contribution in [-0.4, -0.2) is 86.5 Å². The molecule has 1 aliphatic carbocycles. The van der Waals surface area contributed by atoms with Crippen LogP contribution in [0.15, 0.2) is 11.2 Å². The number of alkyl halides is 5. The first-order valence-corrected chi connectivity index (χ1v) is 15.1. The van der Waals surface area contributed by atoms with E-state index in [4.69, 9.17) is 0 Å². The zero-order chi connectivity index (χ0) is 32.0. The molecule has 0 spiro atoms. The molecule has 4 amide bonds. The molecule has 3 fully saturated rings. The van der Waals surface area contributed by atoms with E-state index >= 15 is 0 Å². The molecule has 3 N–H and O–H groups in total. The molecular weight excluding hydrogens is 598 g/mol. The predicted molar refractivity (Wildman–Crippen MR) is 136 cm³/mol. The van der Waals surface area contributed by atoms with Gasteiger partial charge >= 0.3 is 12.1 Å². The van der Waals surface area contributed by atoms with E-state index in [1.54, 1.807) is 5.32 Å². The van der Waals surface area contributed by atoms with Gasteiger partial charge in [0.2, 0.25) is 38.6 Å². The summed E-state index contributed by atoms with van der Waals surface area (Å²) in [4.78, 5) is 52.0. The number of nitrogens with one attached hydrogen (secondary N) is 3. The largest absolute Gasteiger partial charge is 0.471 e. The predicted octanol–water partition coefficient (Wildman–Crippen LogP) is 1.82. The first-order valence-electron chi connectivity index (χ1n) is 13.2. The van der Waals surface area contributed by atoms with Gasteiger partial charge in [0.25, 0.3) is 0 Å². The topological polar surface area (TPSA) is 142 Å². The molecule has 10 nitrogen and oxygen atoms in total. The number of likely N-dealkylation sites (tertiary alicyclic amines) is 1. The van der Waals surface area contributed by atoms with Crippen molar-refractivity contribution in [1.29, 1.82) is 0 Å². The van der Waals surface area contributed by atoms with Gasteiger partial charge in [-0.2, -0.15) is 17.6 Å². The van der Waals surface area contributed by atoms with Gasteiger partial charge in [-0.3, -0.25) is 19.2 Å². The number of carbonyl (C=O) groups is 4. The van der Waals surface area contributed by atoms with Crippen LogP contribution in [0.2, 0.25) is 0 Å². The van der Waals surface area contributed by atoms with E-state index in [-0.39, 0.29) is 19.4 Å². The average molecular weight is 633 g/mol. The molecule has 3 aliphatic rings. The smallest absolute Gasteiger partial charge is 0.356 e. The molecule has 3 rings (SSSR count). The zero-order valence-electron chi connectivity index (χ0n) is 23.4. The van der Waals surface area contributed by atoms with Crippen molar-refractivity contribution in [2.24, 2.45) is 23.2 Å². The van der Waals surface area contributed by atoms with E-state index in [2.05, 4.69) is 10.6 Å². The maximum Gasteiger partial charge on any atom is 0.471 e. The molecule has 17 heteroatoms. The normalized spacial score (nSPS) is 27.7. The second-order valence-electron chi connectivity index (χ2n) is 12.3. The summed E-state index contributed by atoms with van der Waals surface area (Å²) in [6.45, 7) is 3.97. The van der Waals surface area contributed by atoms with Crippen molar-refractivity contribution in [3.63, 3.8) is 0 Å². The van der Waals surface area contributed by atoms with E-state index in [0.717, 1.165) is 4.90 Å². The van der Waals surface area contributed by atoms with Crippen LogP contribution in [0.5, 0.6) is 0 Å². The highest BCUT2D eigenvalue weighted by atomic mass is 32.2. The molecule has 0 radical (unpaired) electrons. The molecule has 0 aromatic rings. The van der Waals surface area contributed by atoms with Crippen LogP contribution in [0, 0.1) is 23.2 Å². The summed E-state index contributed by atoms with van der Waals surface area (Å²) in [7, 11) is -4.36. The fraction of sp³-hybridized carbons (Fsp3) is 0.760. The summed E-state index contributed by atoms with van der Waals surface area (Å²) < 4.78 is 106. The highest BCUT2D eigenvalue weighted by Gasteiger charge is 2.59. The molecule has 6 atom stereocenters. The standard InChI is InChI=1S/C25H34F6N4O6S/c1-23(2,3)18(34-22(39)25(29,30)31)21(38)35-11-13-9-24(27,28)10-15(13)17(35)20(37)33-14(8-16(26)42(4,40)41)7-12-5-6-32-19(12)36/h8,12-15,17-18H,5-7,9-11H2,1-4H3,(H,32,36)(H,33,37)(H,34,39)/b16-8-/t12-,13-,14-,15-,17+,18+/m0/s1. The van der Waals surface area contributed by atoms with E-state index in [1.807, 2.05) is 0 Å². The molecule has 1 saturated carbocycles. The monoisotopic (exact) mass is 632 g/mol. The molecule has 238 valence electrons. The van der Waals surface area contributed by atoms with Crippen LogP contribution in [0.1, 0.15) is 46.5 Å². The minimum atomic E-state index is -5.33. The van der Waals surface area contributed by atoms with Gasteiger partial charge in [0, 0.05) is 38.1 Å². The fourth-order valence-electron chi connectivity index (χ4n) is 5.78. The summed E-state index contributed by atoms with van der Waals surface area (Å²) in [5.74, 6) is -11.0. The summed E-state index contributed by atoms with van der Waals surface area (Å²) in [5, 5.41) is 4.95. The van der Waals surface area contributed by atoms with Crippen LogP contribution in [-0.2, 0) is 29.0 Å². The van der Waals surface area contributed by atoms with Gasteiger partial charge in [0.15, 0.2) is 0 Å². The lowest BCUT2D eigenvalue weighted by atomic mass is 9.85. The van der Waals surface area contributed by atoms with Gasteiger partial charge in [-0.25, -0.2) is 17.2 Å². The van der Waals surface area contributed by atoms with Crippen LogP contribution >= 0.6 is 0 Å². The van der Waals surface area contributed by atoms with E-state index in [0.29, 0.717) is 12.3 Å². The number of rotatable bonds is 8. The highest BCUT2D eigenvalue weighted by Crippen LogP contribution is 2.50. The maximum atomic E-state index is 14.5. The first kappa shape index (κ1) is 33.6. The SMILES string of the molecule is CC(C)(C)[C@H](NC(=O)C(F)(F)F)C(=O)N1C[C@@H]2CC(F)(F)C[C@@H]2[C@@H]1C(=O)N[C@H](/C=C(/F)S(C)(=O)=O)C[C@@H]1CCNC1=O. The van der Waals surface area contributed by atoms with Crippen molar-refractivity contribution in [3.8, 4) is 0 Å². The van der Waals surface area contributed by atoms with Crippen molar-refractivity contribution in [3.05, 3.63) is 11.2 Å². The van der Waals surface area contributed by atoms with Gasteiger partial charge in [-0.1, -0.05) is 20.8 Å². The second-order valence-corrected chi connectivity index (χ2v) is 14.2. The first-order chi connectivity index (χ1) is 19.0. The number of halogens is 6. The molecule has 2 saturated heterocycles. The third-order valence-electron chi connectivity index (χ3n) is 7.79. The Morgan fingerprint density at radius 1 is 1.14 bits per heavy atom. The summed E-state index contributed by atoms with van der Waals surface area (Å²) in [6, 6.07) is -4.87. The van der Waals surface area contributed by atoms with Crippen molar-refractivity contribution in [2.75, 3.05) is 19.3 Å². The summed E-state index contributed by atoms with van der Waals surface area (Å²) in [6.07, 6.45) is -5.67. The second kappa shape index (κ2) is 11.7. The Labute approximate surface area is 238 Å². The zero-order valence-corrected chi connectivity index (χ0v) is 24.2. The lowest BCUT2D eigenvalue weighted by molar-refractivity contribution is -0.176. The van der Waals surface area contributed by atoms with E-state index < -0.39 is 111 Å². The van der Waals surface area contributed by atoms with Crippen molar-refractivity contribution < 1.29 is 53.9 Å². The summed E-state index contributed by atoms with van der Waals surface area (Å²) in [5.41, 5.74) is -1.31. The van der Waals surface area contributed by atoms with Crippen LogP contribution in [0.3, 0.4) is 0 Å². The van der Waals surface area contributed by atoms with Gasteiger partial charge in [-0.05, 0) is 36.2 Å². The highest BCUT2D eigenvalue weighted by molar-refractivity contribution is 7.94. The molecule has 0 aromatic carbocycles. The Kier molecular flexibility index (Phi) is 9.36.